The van der Waals surface area contributed by atoms with Crippen molar-refractivity contribution < 1.29 is 0 Å². The summed E-state index contributed by atoms with van der Waals surface area (Å²) in [6.45, 7) is 4.74. The smallest absolute Gasteiger partial charge is 0.299 e. The summed E-state index contributed by atoms with van der Waals surface area (Å²) in [5, 5.41) is 0. The second-order valence-electron chi connectivity index (χ2n) is 8.10. The zero-order valence-corrected chi connectivity index (χ0v) is 18.4. The largest absolute Gasteiger partial charge is 0.339 e. The monoisotopic (exact) mass is 422 g/mol. The number of hydrogen-bond donors (Lipinski definition) is 0. The van der Waals surface area contributed by atoms with Crippen LogP contribution in [0.25, 0.3) is 0 Å². The molecule has 1 fully saturated rings. The number of benzene rings is 2. The molecule has 4 rings (SSSR count). The van der Waals surface area contributed by atoms with Crippen molar-refractivity contribution in [2.45, 2.75) is 32.4 Å². The molecule has 3 aromatic rings. The van der Waals surface area contributed by atoms with Crippen LogP contribution >= 0.6 is 11.5 Å². The summed E-state index contributed by atoms with van der Waals surface area (Å²) in [4.78, 5) is 20.7. The van der Waals surface area contributed by atoms with E-state index in [1.54, 1.807) is 8.52 Å². The molecule has 0 bridgehead atoms. The molecule has 2 heterocycles. The number of hydrogen-bond acceptors (Lipinski definition) is 4. The van der Waals surface area contributed by atoms with Gasteiger partial charge in [-0.15, -0.1) is 0 Å². The molecule has 1 aliphatic heterocycles. The maximum Gasteiger partial charge on any atom is 0.339 e. The van der Waals surface area contributed by atoms with Gasteiger partial charge in [0.2, 0.25) is 4.80 Å². The molecule has 0 unspecified atom stereocenters. The number of rotatable bonds is 7. The van der Waals surface area contributed by atoms with Gasteiger partial charge in [0.15, 0.2) is 0 Å². The number of nitrogens with zero attached hydrogens (tertiary/aromatic N) is 4. The number of piperidine rings is 1. The van der Waals surface area contributed by atoms with Gasteiger partial charge in [0, 0.05) is 20.1 Å². The maximum absolute atomic E-state index is 12.5. The van der Waals surface area contributed by atoms with Crippen molar-refractivity contribution in [1.82, 2.24) is 13.4 Å². The Bertz CT molecular complexity index is 1040. The minimum atomic E-state index is 0.0109. The van der Waals surface area contributed by atoms with Crippen molar-refractivity contribution in [3.63, 3.8) is 0 Å². The maximum atomic E-state index is 12.5. The van der Waals surface area contributed by atoms with Crippen LogP contribution in [0.5, 0.6) is 0 Å². The van der Waals surface area contributed by atoms with Crippen LogP contribution in [-0.2, 0) is 20.1 Å². The van der Waals surface area contributed by atoms with Crippen molar-refractivity contribution in [2.24, 2.45) is 18.0 Å². The second kappa shape index (κ2) is 10.0. The zero-order valence-electron chi connectivity index (χ0n) is 17.6. The average molecular weight is 423 g/mol. The third kappa shape index (κ3) is 5.37. The molecule has 0 aliphatic carbocycles. The van der Waals surface area contributed by atoms with Gasteiger partial charge in [-0.2, -0.15) is 0 Å². The van der Waals surface area contributed by atoms with Crippen LogP contribution in [0.1, 0.15) is 30.4 Å². The van der Waals surface area contributed by atoms with Gasteiger partial charge in [-0.1, -0.05) is 60.7 Å². The van der Waals surface area contributed by atoms with Crippen molar-refractivity contribution in [3.8, 4) is 0 Å². The highest BCUT2D eigenvalue weighted by molar-refractivity contribution is 7.03. The highest BCUT2D eigenvalue weighted by Crippen LogP contribution is 2.21. The molecule has 158 valence electrons. The normalized spacial score (nSPS) is 16.2. The highest BCUT2D eigenvalue weighted by atomic mass is 32.1. The number of aromatic nitrogens is 2. The average Bonchev–Trinajstić information content (AvgIpc) is 3.04. The molecule has 6 heteroatoms. The summed E-state index contributed by atoms with van der Waals surface area (Å²) < 4.78 is 3.46. The Morgan fingerprint density at radius 2 is 1.53 bits per heavy atom. The Morgan fingerprint density at radius 3 is 2.17 bits per heavy atom. The first-order chi connectivity index (χ1) is 14.7. The van der Waals surface area contributed by atoms with E-state index in [9.17, 15) is 4.79 Å². The molecule has 0 amide bonds. The lowest BCUT2D eigenvalue weighted by atomic mass is 9.93. The summed E-state index contributed by atoms with van der Waals surface area (Å²) >= 11 is 1.44. The van der Waals surface area contributed by atoms with E-state index in [-0.39, 0.29) is 5.69 Å². The Morgan fingerprint density at radius 1 is 0.933 bits per heavy atom. The molecule has 0 saturated carbocycles. The van der Waals surface area contributed by atoms with E-state index in [1.807, 2.05) is 25.2 Å². The molecule has 1 saturated heterocycles. The molecule has 30 heavy (non-hydrogen) atoms. The predicted molar refractivity (Wildman–Crippen MR) is 123 cm³/mol. The topological polar surface area (TPSA) is 42.5 Å². The van der Waals surface area contributed by atoms with Crippen LogP contribution in [-0.4, -0.2) is 33.1 Å². The zero-order chi connectivity index (χ0) is 20.8. The van der Waals surface area contributed by atoms with E-state index in [1.165, 1.54) is 29.9 Å². The summed E-state index contributed by atoms with van der Waals surface area (Å²) in [7, 11) is 1.82. The number of likely N-dealkylation sites (tertiary alicyclic amines) is 1. The Balaban J connectivity index is 1.32. The van der Waals surface area contributed by atoms with Gasteiger partial charge in [0.05, 0.1) is 6.54 Å². The van der Waals surface area contributed by atoms with Crippen LogP contribution in [0.2, 0.25) is 0 Å². The summed E-state index contributed by atoms with van der Waals surface area (Å²) in [5.41, 5.74) is 2.53. The lowest BCUT2D eigenvalue weighted by molar-refractivity contribution is 0.173. The molecule has 1 aromatic heterocycles. The molecular formula is C24H30N4OS. The van der Waals surface area contributed by atoms with Crippen molar-refractivity contribution in [2.75, 3.05) is 19.6 Å². The van der Waals surface area contributed by atoms with Crippen molar-refractivity contribution >= 4 is 11.5 Å². The first-order valence-electron chi connectivity index (χ1n) is 10.8. The predicted octanol–water partition coefficient (Wildman–Crippen LogP) is 3.50. The summed E-state index contributed by atoms with van der Waals surface area (Å²) in [5.74, 6) is 0.726. The van der Waals surface area contributed by atoms with Crippen LogP contribution in [0, 0.1) is 5.92 Å². The SMILES string of the molecule is Cn1sc(=NCCC2CCN(Cc3ccccc3)CC2)n(Cc2ccccc2)c1=O. The van der Waals surface area contributed by atoms with Gasteiger partial charge in [-0.3, -0.25) is 14.5 Å². The van der Waals surface area contributed by atoms with Crippen LogP contribution in [0.4, 0.5) is 0 Å². The Hall–Kier alpha value is -2.44. The molecule has 5 nitrogen and oxygen atoms in total. The van der Waals surface area contributed by atoms with Gasteiger partial charge >= 0.3 is 5.69 Å². The van der Waals surface area contributed by atoms with E-state index in [4.69, 9.17) is 4.99 Å². The van der Waals surface area contributed by atoms with Crippen LogP contribution in [0.3, 0.4) is 0 Å². The first-order valence-corrected chi connectivity index (χ1v) is 11.5. The fourth-order valence-electron chi connectivity index (χ4n) is 4.10. The summed E-state index contributed by atoms with van der Waals surface area (Å²) in [6, 6.07) is 20.8. The van der Waals surface area contributed by atoms with E-state index < -0.39 is 0 Å². The quantitative estimate of drug-likeness (QED) is 0.585. The van der Waals surface area contributed by atoms with Crippen molar-refractivity contribution in [3.05, 3.63) is 87.1 Å². The highest BCUT2D eigenvalue weighted by Gasteiger charge is 2.19. The fourth-order valence-corrected chi connectivity index (χ4v) is 4.91. The number of aryl methyl sites for hydroxylation is 1. The first kappa shape index (κ1) is 20.8. The van der Waals surface area contributed by atoms with E-state index in [0.717, 1.165) is 48.9 Å². The summed E-state index contributed by atoms with van der Waals surface area (Å²) in [6.07, 6.45) is 3.56. The molecule has 2 aromatic carbocycles. The van der Waals surface area contributed by atoms with Gasteiger partial charge < -0.3 is 0 Å². The second-order valence-corrected chi connectivity index (χ2v) is 9.20. The Labute approximate surface area is 182 Å². The van der Waals surface area contributed by atoms with Crippen molar-refractivity contribution in [1.29, 1.82) is 0 Å². The third-order valence-electron chi connectivity index (χ3n) is 5.87. The molecule has 0 spiro atoms. The lowest BCUT2D eigenvalue weighted by Crippen LogP contribution is -2.33. The van der Waals surface area contributed by atoms with E-state index in [2.05, 4.69) is 47.4 Å². The molecule has 0 atom stereocenters. The minimum absolute atomic E-state index is 0.0109. The standard InChI is InChI=1S/C24H30N4OS/c1-26-24(29)28(19-22-10-6-3-7-11-22)23(30-26)25-15-12-20-13-16-27(17-14-20)18-21-8-4-2-5-9-21/h2-11,20H,12-19H2,1H3. The van der Waals surface area contributed by atoms with E-state index >= 15 is 0 Å². The van der Waals surface area contributed by atoms with E-state index in [0.29, 0.717) is 6.54 Å². The molecule has 0 radical (unpaired) electrons. The van der Waals surface area contributed by atoms with Gasteiger partial charge in [0.25, 0.3) is 0 Å². The molecule has 0 N–H and O–H groups in total. The third-order valence-corrected chi connectivity index (χ3v) is 6.82. The van der Waals surface area contributed by atoms with Gasteiger partial charge in [-0.25, -0.2) is 8.75 Å². The molecular weight excluding hydrogens is 392 g/mol. The lowest BCUT2D eigenvalue weighted by Gasteiger charge is -2.31. The minimum Gasteiger partial charge on any atom is -0.299 e. The molecule has 1 aliphatic rings. The van der Waals surface area contributed by atoms with Gasteiger partial charge in [0.1, 0.15) is 0 Å². The fraction of sp³-hybridized carbons (Fsp3) is 0.417. The Kier molecular flexibility index (Phi) is 6.97. The van der Waals surface area contributed by atoms with Crippen LogP contribution in [0.15, 0.2) is 70.5 Å². The van der Waals surface area contributed by atoms with Crippen LogP contribution < -0.4 is 10.5 Å². The van der Waals surface area contributed by atoms with Gasteiger partial charge in [-0.05, 0) is 60.9 Å².